The van der Waals surface area contributed by atoms with Crippen LogP contribution in [0.3, 0.4) is 0 Å². The zero-order valence-electron chi connectivity index (χ0n) is 12.8. The van der Waals surface area contributed by atoms with Crippen LogP contribution in [0.15, 0.2) is 24.3 Å². The Hall–Kier alpha value is -1.55. The van der Waals surface area contributed by atoms with Gasteiger partial charge >= 0.3 is 0 Å². The summed E-state index contributed by atoms with van der Waals surface area (Å²) in [6.07, 6.45) is 4.49. The fourth-order valence-corrected chi connectivity index (χ4v) is 3.04. The molecule has 1 N–H and O–H groups in total. The smallest absolute Gasteiger partial charge is 0.240 e. The van der Waals surface area contributed by atoms with Crippen LogP contribution in [0.5, 0.6) is 5.75 Å². The average molecular weight is 288 g/mol. The zero-order valence-corrected chi connectivity index (χ0v) is 12.8. The SMILES string of the molecule is COc1ccc(C(C)N2CCCC(NC3CC3)C2=O)cc1. The van der Waals surface area contributed by atoms with Gasteiger partial charge in [-0.3, -0.25) is 4.79 Å². The minimum absolute atomic E-state index is 0.0203. The van der Waals surface area contributed by atoms with Crippen LogP contribution in [-0.2, 0) is 4.79 Å². The summed E-state index contributed by atoms with van der Waals surface area (Å²) >= 11 is 0. The van der Waals surface area contributed by atoms with Crippen LogP contribution in [0.1, 0.15) is 44.2 Å². The molecule has 1 saturated heterocycles. The predicted molar refractivity (Wildman–Crippen MR) is 82.3 cm³/mol. The topological polar surface area (TPSA) is 41.6 Å². The molecule has 2 atom stereocenters. The summed E-state index contributed by atoms with van der Waals surface area (Å²) in [5.74, 6) is 1.11. The van der Waals surface area contributed by atoms with E-state index in [9.17, 15) is 4.79 Å². The van der Waals surface area contributed by atoms with Gasteiger partial charge in [0.2, 0.25) is 5.91 Å². The van der Waals surface area contributed by atoms with Crippen LogP contribution in [0.2, 0.25) is 0 Å². The Morgan fingerprint density at radius 3 is 2.57 bits per heavy atom. The lowest BCUT2D eigenvalue weighted by atomic mass is 9.99. The number of nitrogens with one attached hydrogen (secondary N) is 1. The molecule has 21 heavy (non-hydrogen) atoms. The van der Waals surface area contributed by atoms with E-state index in [4.69, 9.17) is 4.74 Å². The van der Waals surface area contributed by atoms with E-state index >= 15 is 0 Å². The number of hydrogen-bond donors (Lipinski definition) is 1. The van der Waals surface area contributed by atoms with Gasteiger partial charge in [0.05, 0.1) is 19.2 Å². The van der Waals surface area contributed by atoms with Crippen molar-refractivity contribution < 1.29 is 9.53 Å². The van der Waals surface area contributed by atoms with E-state index in [2.05, 4.69) is 24.4 Å². The first-order valence-corrected chi connectivity index (χ1v) is 7.89. The van der Waals surface area contributed by atoms with Crippen molar-refractivity contribution in [1.29, 1.82) is 0 Å². The average Bonchev–Trinajstić information content (AvgIpc) is 3.33. The van der Waals surface area contributed by atoms with Crippen LogP contribution in [0.25, 0.3) is 0 Å². The van der Waals surface area contributed by atoms with Crippen molar-refractivity contribution >= 4 is 5.91 Å². The first-order valence-electron chi connectivity index (χ1n) is 7.89. The Labute approximate surface area is 126 Å². The predicted octanol–water partition coefficient (Wildman–Crippen LogP) is 2.50. The van der Waals surface area contributed by atoms with Gasteiger partial charge in [0.15, 0.2) is 0 Å². The van der Waals surface area contributed by atoms with Crippen molar-refractivity contribution in [3.8, 4) is 5.75 Å². The van der Waals surface area contributed by atoms with Gasteiger partial charge in [-0.15, -0.1) is 0 Å². The molecule has 3 rings (SSSR count). The molecular formula is C17H24N2O2. The number of nitrogens with zero attached hydrogens (tertiary/aromatic N) is 1. The van der Waals surface area contributed by atoms with Gasteiger partial charge in [0, 0.05) is 12.6 Å². The number of ether oxygens (including phenoxy) is 1. The van der Waals surface area contributed by atoms with Crippen LogP contribution < -0.4 is 10.1 Å². The number of hydrogen-bond acceptors (Lipinski definition) is 3. The molecular weight excluding hydrogens is 264 g/mol. The molecule has 1 amide bonds. The third kappa shape index (κ3) is 3.21. The Bertz CT molecular complexity index is 496. The summed E-state index contributed by atoms with van der Waals surface area (Å²) in [7, 11) is 1.67. The highest BCUT2D eigenvalue weighted by atomic mass is 16.5. The molecule has 1 saturated carbocycles. The van der Waals surface area contributed by atoms with Gasteiger partial charge in [0.1, 0.15) is 5.75 Å². The number of benzene rings is 1. The van der Waals surface area contributed by atoms with Crippen molar-refractivity contribution in [2.75, 3.05) is 13.7 Å². The monoisotopic (exact) mass is 288 g/mol. The molecule has 2 unspecified atom stereocenters. The molecule has 0 bridgehead atoms. The van der Waals surface area contributed by atoms with E-state index in [0.29, 0.717) is 6.04 Å². The lowest BCUT2D eigenvalue weighted by Crippen LogP contribution is -2.51. The third-order valence-corrected chi connectivity index (χ3v) is 4.55. The van der Waals surface area contributed by atoms with Crippen molar-refractivity contribution in [2.24, 2.45) is 0 Å². The molecule has 0 radical (unpaired) electrons. The Morgan fingerprint density at radius 1 is 1.24 bits per heavy atom. The number of rotatable bonds is 5. The van der Waals surface area contributed by atoms with Crippen LogP contribution in [-0.4, -0.2) is 36.5 Å². The van der Waals surface area contributed by atoms with Crippen LogP contribution >= 0.6 is 0 Å². The number of amides is 1. The Balaban J connectivity index is 1.69. The summed E-state index contributed by atoms with van der Waals surface area (Å²) in [4.78, 5) is 14.7. The van der Waals surface area contributed by atoms with E-state index in [0.717, 1.165) is 30.7 Å². The highest BCUT2D eigenvalue weighted by Gasteiger charge is 2.35. The Morgan fingerprint density at radius 2 is 1.95 bits per heavy atom. The van der Waals surface area contributed by atoms with E-state index in [1.54, 1.807) is 7.11 Å². The van der Waals surface area contributed by atoms with E-state index in [1.807, 2.05) is 17.0 Å². The molecule has 4 nitrogen and oxygen atoms in total. The van der Waals surface area contributed by atoms with Gasteiger partial charge in [0.25, 0.3) is 0 Å². The van der Waals surface area contributed by atoms with E-state index in [-0.39, 0.29) is 18.0 Å². The number of likely N-dealkylation sites (tertiary alicyclic amines) is 1. The molecule has 0 aromatic heterocycles. The van der Waals surface area contributed by atoms with Crippen molar-refractivity contribution in [3.63, 3.8) is 0 Å². The molecule has 2 aliphatic rings. The van der Waals surface area contributed by atoms with Crippen LogP contribution in [0, 0.1) is 0 Å². The molecule has 114 valence electrons. The second-order valence-corrected chi connectivity index (χ2v) is 6.12. The fraction of sp³-hybridized carbons (Fsp3) is 0.588. The minimum Gasteiger partial charge on any atom is -0.497 e. The molecule has 2 fully saturated rings. The molecule has 0 spiro atoms. The van der Waals surface area contributed by atoms with E-state index < -0.39 is 0 Å². The number of piperidine rings is 1. The molecule has 1 aliphatic heterocycles. The van der Waals surface area contributed by atoms with Crippen molar-refractivity contribution in [2.45, 2.75) is 50.7 Å². The van der Waals surface area contributed by atoms with Gasteiger partial charge < -0.3 is 15.0 Å². The number of methoxy groups -OCH3 is 1. The summed E-state index contributed by atoms with van der Waals surface area (Å²) < 4.78 is 5.19. The first-order chi connectivity index (χ1) is 10.2. The highest BCUT2D eigenvalue weighted by molar-refractivity contribution is 5.83. The van der Waals surface area contributed by atoms with Gasteiger partial charge in [-0.2, -0.15) is 0 Å². The zero-order chi connectivity index (χ0) is 14.8. The highest BCUT2D eigenvalue weighted by Crippen LogP contribution is 2.28. The largest absolute Gasteiger partial charge is 0.497 e. The third-order valence-electron chi connectivity index (χ3n) is 4.55. The quantitative estimate of drug-likeness (QED) is 0.905. The standard InChI is InChI=1S/C17H24N2O2/c1-12(13-5-9-15(21-2)10-6-13)19-11-3-4-16(17(19)20)18-14-7-8-14/h5-6,9-10,12,14,16,18H,3-4,7-8,11H2,1-2H3. The second kappa shape index (κ2) is 6.06. The molecule has 1 aromatic rings. The first kappa shape index (κ1) is 14.4. The maximum absolute atomic E-state index is 12.7. The number of carbonyl (C=O) groups excluding carboxylic acids is 1. The van der Waals surface area contributed by atoms with Crippen LogP contribution in [0.4, 0.5) is 0 Å². The van der Waals surface area contributed by atoms with E-state index in [1.165, 1.54) is 12.8 Å². The summed E-state index contributed by atoms with van der Waals surface area (Å²) in [5.41, 5.74) is 1.16. The molecule has 4 heteroatoms. The van der Waals surface area contributed by atoms with Gasteiger partial charge in [-0.1, -0.05) is 12.1 Å². The van der Waals surface area contributed by atoms with Gasteiger partial charge in [-0.25, -0.2) is 0 Å². The molecule has 1 aromatic carbocycles. The second-order valence-electron chi connectivity index (χ2n) is 6.12. The summed E-state index contributed by atoms with van der Waals surface area (Å²) in [6.45, 7) is 2.97. The fourth-order valence-electron chi connectivity index (χ4n) is 3.04. The minimum atomic E-state index is 0.0203. The van der Waals surface area contributed by atoms with Crippen molar-refractivity contribution in [1.82, 2.24) is 10.2 Å². The maximum Gasteiger partial charge on any atom is 0.240 e. The molecule has 1 aliphatic carbocycles. The molecule has 1 heterocycles. The maximum atomic E-state index is 12.7. The Kier molecular flexibility index (Phi) is 4.15. The normalized spacial score (nSPS) is 24.0. The summed E-state index contributed by atoms with van der Waals surface area (Å²) in [5, 5.41) is 3.49. The summed E-state index contributed by atoms with van der Waals surface area (Å²) in [6, 6.07) is 8.73. The lowest BCUT2D eigenvalue weighted by molar-refractivity contribution is -0.138. The lowest BCUT2D eigenvalue weighted by Gasteiger charge is -2.37. The van der Waals surface area contributed by atoms with Crippen molar-refractivity contribution in [3.05, 3.63) is 29.8 Å². The number of carbonyl (C=O) groups is 1. The van der Waals surface area contributed by atoms with Gasteiger partial charge in [-0.05, 0) is 50.3 Å².